The van der Waals surface area contributed by atoms with Gasteiger partial charge in [-0.2, -0.15) is 0 Å². The molecule has 0 bridgehead atoms. The van der Waals surface area contributed by atoms with Crippen LogP contribution in [-0.2, 0) is 17.8 Å². The molecule has 1 aliphatic heterocycles. The minimum Gasteiger partial charge on any atom is -0.480 e. The number of urea groups is 1. The molecule has 21 heavy (non-hydrogen) atoms. The van der Waals surface area contributed by atoms with Gasteiger partial charge in [-0.05, 0) is 17.5 Å². The topological polar surface area (TPSA) is 69.6 Å². The maximum Gasteiger partial charge on any atom is 0.326 e. The first kappa shape index (κ1) is 14.9. The minimum atomic E-state index is -0.983. The van der Waals surface area contributed by atoms with Crippen LogP contribution >= 0.6 is 0 Å². The molecule has 0 spiro atoms. The number of carbonyl (C=O) groups excluding carboxylic acids is 1. The van der Waals surface area contributed by atoms with Crippen molar-refractivity contribution in [1.82, 2.24) is 10.2 Å². The number of benzene rings is 1. The van der Waals surface area contributed by atoms with Gasteiger partial charge in [0.25, 0.3) is 0 Å². The lowest BCUT2D eigenvalue weighted by atomic mass is 9.94. The molecule has 2 rings (SSSR count). The fraction of sp³-hybridized carbons (Fsp3) is 0.375. The molecule has 0 radical (unpaired) electrons. The Bertz CT molecular complexity index is 577. The molecule has 1 atom stereocenters. The first-order valence-electron chi connectivity index (χ1n) is 6.91. The van der Waals surface area contributed by atoms with E-state index >= 15 is 0 Å². The van der Waals surface area contributed by atoms with Crippen LogP contribution in [0.15, 0.2) is 24.3 Å². The summed E-state index contributed by atoms with van der Waals surface area (Å²) in [7, 11) is 0. The Kier molecular flexibility index (Phi) is 4.83. The largest absolute Gasteiger partial charge is 0.480 e. The van der Waals surface area contributed by atoms with Gasteiger partial charge in [-0.15, -0.1) is 12.3 Å². The second-order valence-corrected chi connectivity index (χ2v) is 4.99. The summed E-state index contributed by atoms with van der Waals surface area (Å²) < 4.78 is 0. The Morgan fingerprint density at radius 3 is 2.76 bits per heavy atom. The van der Waals surface area contributed by atoms with Crippen LogP contribution in [0.5, 0.6) is 0 Å². The fourth-order valence-corrected chi connectivity index (χ4v) is 2.44. The van der Waals surface area contributed by atoms with E-state index in [1.165, 1.54) is 4.90 Å². The number of hydrogen-bond acceptors (Lipinski definition) is 2. The third kappa shape index (κ3) is 3.54. The van der Waals surface area contributed by atoms with Crippen molar-refractivity contribution in [3.63, 3.8) is 0 Å². The monoisotopic (exact) mass is 286 g/mol. The van der Waals surface area contributed by atoms with Gasteiger partial charge in [0, 0.05) is 25.9 Å². The Balaban J connectivity index is 2.08. The van der Waals surface area contributed by atoms with E-state index in [4.69, 9.17) is 6.42 Å². The number of nitrogens with one attached hydrogen (secondary N) is 1. The summed E-state index contributed by atoms with van der Waals surface area (Å²) in [6, 6.07) is 6.43. The van der Waals surface area contributed by atoms with Gasteiger partial charge in [0.05, 0.1) is 0 Å². The van der Waals surface area contributed by atoms with Crippen LogP contribution in [0, 0.1) is 12.3 Å². The normalized spacial score (nSPS) is 16.7. The van der Waals surface area contributed by atoms with Crippen molar-refractivity contribution in [2.24, 2.45) is 0 Å². The van der Waals surface area contributed by atoms with E-state index in [0.717, 1.165) is 11.1 Å². The first-order valence-corrected chi connectivity index (χ1v) is 6.91. The van der Waals surface area contributed by atoms with E-state index in [2.05, 4.69) is 11.2 Å². The fourth-order valence-electron chi connectivity index (χ4n) is 2.44. The predicted molar refractivity (Wildman–Crippen MR) is 78.6 cm³/mol. The Morgan fingerprint density at radius 2 is 2.10 bits per heavy atom. The summed E-state index contributed by atoms with van der Waals surface area (Å²) in [6.45, 7) is 0.766. The van der Waals surface area contributed by atoms with Gasteiger partial charge in [-0.1, -0.05) is 24.3 Å². The molecule has 1 aromatic rings. The quantitative estimate of drug-likeness (QED) is 0.653. The molecule has 0 saturated carbocycles. The maximum atomic E-state index is 12.2. The van der Waals surface area contributed by atoms with Crippen molar-refractivity contribution in [3.8, 4) is 12.3 Å². The lowest BCUT2D eigenvalue weighted by molar-refractivity contribution is -0.142. The van der Waals surface area contributed by atoms with Crippen molar-refractivity contribution < 1.29 is 14.7 Å². The Morgan fingerprint density at radius 1 is 1.38 bits per heavy atom. The van der Waals surface area contributed by atoms with E-state index in [9.17, 15) is 14.7 Å². The lowest BCUT2D eigenvalue weighted by Gasteiger charge is -2.34. The lowest BCUT2D eigenvalue weighted by Crippen LogP contribution is -2.52. The Labute approximate surface area is 124 Å². The van der Waals surface area contributed by atoms with E-state index in [-0.39, 0.29) is 6.03 Å². The molecule has 0 aliphatic carbocycles. The molecule has 1 heterocycles. The average molecular weight is 286 g/mol. The van der Waals surface area contributed by atoms with Crippen molar-refractivity contribution in [3.05, 3.63) is 35.4 Å². The number of carboxylic acid groups (broad SMARTS) is 1. The SMILES string of the molecule is C#CCCCNC(=O)N1Cc2ccccc2CC1C(=O)O. The number of rotatable bonds is 4. The van der Waals surface area contributed by atoms with Crippen LogP contribution in [0.25, 0.3) is 0 Å². The molecule has 5 heteroatoms. The highest BCUT2D eigenvalue weighted by Gasteiger charge is 2.34. The smallest absolute Gasteiger partial charge is 0.326 e. The van der Waals surface area contributed by atoms with Crippen LogP contribution in [-0.4, -0.2) is 34.6 Å². The van der Waals surface area contributed by atoms with Gasteiger partial charge >= 0.3 is 12.0 Å². The number of unbranched alkanes of at least 4 members (excludes halogenated alkanes) is 1. The molecule has 1 unspecified atom stereocenters. The predicted octanol–water partition coefficient (Wildman–Crippen LogP) is 1.62. The van der Waals surface area contributed by atoms with Crippen LogP contribution < -0.4 is 5.32 Å². The molecule has 1 aliphatic rings. The zero-order valence-electron chi connectivity index (χ0n) is 11.7. The standard InChI is InChI=1S/C16H18N2O3/c1-2-3-6-9-17-16(21)18-11-13-8-5-4-7-12(13)10-14(18)15(19)20/h1,4-5,7-8,14H,3,6,9-11H2,(H,17,21)(H,19,20). The maximum absolute atomic E-state index is 12.2. The molecule has 2 N–H and O–H groups in total. The number of amides is 2. The highest BCUT2D eigenvalue weighted by molar-refractivity contribution is 5.83. The zero-order chi connectivity index (χ0) is 15.2. The molecule has 0 aromatic heterocycles. The number of fused-ring (bicyclic) bond motifs is 1. The number of carboxylic acids is 1. The number of carbonyl (C=O) groups is 2. The highest BCUT2D eigenvalue weighted by Crippen LogP contribution is 2.23. The molecule has 1 aromatic carbocycles. The van der Waals surface area contributed by atoms with Gasteiger partial charge in [0.15, 0.2) is 0 Å². The number of hydrogen-bond donors (Lipinski definition) is 2. The Hall–Kier alpha value is -2.48. The van der Waals surface area contributed by atoms with E-state index < -0.39 is 12.0 Å². The van der Waals surface area contributed by atoms with E-state index in [1.807, 2.05) is 24.3 Å². The van der Waals surface area contributed by atoms with E-state index in [0.29, 0.717) is 32.4 Å². The van der Waals surface area contributed by atoms with Gasteiger partial charge in [0.2, 0.25) is 0 Å². The molecular formula is C16H18N2O3. The summed E-state index contributed by atoms with van der Waals surface area (Å²) in [5.41, 5.74) is 1.98. The van der Waals surface area contributed by atoms with Crippen molar-refractivity contribution in [2.75, 3.05) is 6.54 Å². The third-order valence-corrected chi connectivity index (χ3v) is 3.57. The van der Waals surface area contributed by atoms with Crippen LogP contribution in [0.4, 0.5) is 4.79 Å². The molecule has 0 saturated heterocycles. The number of aliphatic carboxylic acids is 1. The second-order valence-electron chi connectivity index (χ2n) is 4.99. The molecule has 0 fully saturated rings. The molecule has 5 nitrogen and oxygen atoms in total. The average Bonchev–Trinajstić information content (AvgIpc) is 2.50. The molecule has 110 valence electrons. The number of nitrogens with zero attached hydrogens (tertiary/aromatic N) is 1. The minimum absolute atomic E-state index is 0.314. The van der Waals surface area contributed by atoms with Gasteiger partial charge in [-0.25, -0.2) is 9.59 Å². The summed E-state index contributed by atoms with van der Waals surface area (Å²) in [5, 5.41) is 12.1. The van der Waals surface area contributed by atoms with Gasteiger partial charge in [-0.3, -0.25) is 0 Å². The van der Waals surface area contributed by atoms with Gasteiger partial charge in [0.1, 0.15) is 6.04 Å². The third-order valence-electron chi connectivity index (χ3n) is 3.57. The van der Waals surface area contributed by atoms with Crippen LogP contribution in [0.3, 0.4) is 0 Å². The first-order chi connectivity index (χ1) is 10.1. The van der Waals surface area contributed by atoms with Crippen molar-refractivity contribution in [1.29, 1.82) is 0 Å². The van der Waals surface area contributed by atoms with Crippen molar-refractivity contribution >= 4 is 12.0 Å². The highest BCUT2D eigenvalue weighted by atomic mass is 16.4. The summed E-state index contributed by atoms with van der Waals surface area (Å²) in [6.07, 6.45) is 6.76. The van der Waals surface area contributed by atoms with Crippen LogP contribution in [0.1, 0.15) is 24.0 Å². The van der Waals surface area contributed by atoms with Crippen molar-refractivity contribution in [2.45, 2.75) is 31.8 Å². The number of terminal acetylenes is 1. The van der Waals surface area contributed by atoms with E-state index in [1.54, 1.807) is 0 Å². The van der Waals surface area contributed by atoms with Gasteiger partial charge < -0.3 is 15.3 Å². The summed E-state index contributed by atoms with van der Waals surface area (Å²) in [4.78, 5) is 25.0. The second kappa shape index (κ2) is 6.80. The zero-order valence-corrected chi connectivity index (χ0v) is 11.7. The van der Waals surface area contributed by atoms with Crippen LogP contribution in [0.2, 0.25) is 0 Å². The summed E-state index contributed by atoms with van der Waals surface area (Å²) in [5.74, 6) is 1.52. The summed E-state index contributed by atoms with van der Waals surface area (Å²) >= 11 is 0. The molecule has 2 amide bonds. The molecular weight excluding hydrogens is 268 g/mol.